The number of likely N-dealkylation sites (tertiary alicyclic amines) is 1. The van der Waals surface area contributed by atoms with Gasteiger partial charge in [0.2, 0.25) is 0 Å². The van der Waals surface area contributed by atoms with Crippen molar-refractivity contribution in [2.45, 2.75) is 38.3 Å². The maximum Gasteiger partial charge on any atom is 0.150 e. The van der Waals surface area contributed by atoms with Crippen LogP contribution >= 0.6 is 0 Å². The van der Waals surface area contributed by atoms with Crippen molar-refractivity contribution >= 4 is 5.78 Å². The minimum Gasteiger partial charge on any atom is -0.377 e. The zero-order valence-electron chi connectivity index (χ0n) is 9.03. The van der Waals surface area contributed by atoms with E-state index in [4.69, 9.17) is 4.74 Å². The quantitative estimate of drug-likeness (QED) is 0.663. The van der Waals surface area contributed by atoms with Crippen molar-refractivity contribution in [3.63, 3.8) is 0 Å². The lowest BCUT2D eigenvalue weighted by Crippen LogP contribution is -2.38. The van der Waals surface area contributed by atoms with Crippen molar-refractivity contribution in [2.75, 3.05) is 20.2 Å². The van der Waals surface area contributed by atoms with Crippen molar-refractivity contribution in [2.24, 2.45) is 5.92 Å². The minimum atomic E-state index is 0.130. The third kappa shape index (κ3) is 1.59. The minimum absolute atomic E-state index is 0.130. The van der Waals surface area contributed by atoms with Crippen LogP contribution in [0, 0.1) is 5.92 Å². The number of fused-ring (bicyclic) bond motifs is 1. The van der Waals surface area contributed by atoms with E-state index in [9.17, 15) is 4.79 Å². The predicted octanol–water partition coefficient (Wildman–Crippen LogP) is 1.07. The Morgan fingerprint density at radius 2 is 2.36 bits per heavy atom. The Balaban J connectivity index is 2.11. The Morgan fingerprint density at radius 3 is 3.07 bits per heavy atom. The highest BCUT2D eigenvalue weighted by atomic mass is 16.5. The molecule has 0 aromatic carbocycles. The van der Waals surface area contributed by atoms with Gasteiger partial charge in [0.15, 0.2) is 0 Å². The lowest BCUT2D eigenvalue weighted by Gasteiger charge is -2.28. The van der Waals surface area contributed by atoms with Gasteiger partial charge in [-0.25, -0.2) is 0 Å². The van der Waals surface area contributed by atoms with Crippen LogP contribution < -0.4 is 0 Å². The van der Waals surface area contributed by atoms with Crippen LogP contribution in [-0.4, -0.2) is 43.0 Å². The fourth-order valence-corrected chi connectivity index (χ4v) is 2.83. The Hall–Kier alpha value is -0.410. The van der Waals surface area contributed by atoms with Crippen LogP contribution in [0.1, 0.15) is 26.2 Å². The average molecular weight is 197 g/mol. The van der Waals surface area contributed by atoms with Crippen LogP contribution in [0.2, 0.25) is 0 Å². The number of carbonyl (C=O) groups excluding carboxylic acids is 1. The molecular formula is C11H19NO2. The van der Waals surface area contributed by atoms with Crippen molar-refractivity contribution in [1.82, 2.24) is 4.90 Å². The van der Waals surface area contributed by atoms with Gasteiger partial charge in [-0.2, -0.15) is 0 Å². The number of Topliss-reactive ketones (excluding diaryl/α,β-unsaturated/α-hetero) is 1. The second-order valence-corrected chi connectivity index (χ2v) is 4.42. The largest absolute Gasteiger partial charge is 0.377 e. The topological polar surface area (TPSA) is 29.5 Å². The number of likely N-dealkylation sites (N-methyl/N-ethyl adjacent to an activating group) is 1. The molecule has 2 heterocycles. The van der Waals surface area contributed by atoms with Crippen LogP contribution in [-0.2, 0) is 9.53 Å². The van der Waals surface area contributed by atoms with Crippen LogP contribution in [0.15, 0.2) is 0 Å². The third-order valence-corrected chi connectivity index (χ3v) is 3.52. The van der Waals surface area contributed by atoms with Crippen molar-refractivity contribution < 1.29 is 9.53 Å². The van der Waals surface area contributed by atoms with Gasteiger partial charge in [-0.05, 0) is 19.9 Å². The first-order valence-electron chi connectivity index (χ1n) is 5.58. The zero-order chi connectivity index (χ0) is 10.1. The van der Waals surface area contributed by atoms with Crippen LogP contribution in [0.4, 0.5) is 0 Å². The fraction of sp³-hybridized carbons (Fsp3) is 0.909. The number of rotatable bonds is 2. The lowest BCUT2D eigenvalue weighted by atomic mass is 9.88. The van der Waals surface area contributed by atoms with Crippen molar-refractivity contribution in [1.29, 1.82) is 0 Å². The molecule has 2 aliphatic heterocycles. The van der Waals surface area contributed by atoms with Gasteiger partial charge in [0.25, 0.3) is 0 Å². The molecule has 2 saturated heterocycles. The van der Waals surface area contributed by atoms with Gasteiger partial charge < -0.3 is 4.74 Å². The molecule has 14 heavy (non-hydrogen) atoms. The first kappa shape index (κ1) is 10.1. The predicted molar refractivity (Wildman–Crippen MR) is 54.2 cm³/mol. The Kier molecular flexibility index (Phi) is 2.88. The monoisotopic (exact) mass is 197 g/mol. The number of hydrogen-bond acceptors (Lipinski definition) is 3. The van der Waals surface area contributed by atoms with E-state index < -0.39 is 0 Å². The summed E-state index contributed by atoms with van der Waals surface area (Å²) in [6, 6.07) is 0.130. The number of hydrogen-bond donors (Lipinski definition) is 0. The van der Waals surface area contributed by atoms with E-state index in [1.165, 1.54) is 0 Å². The van der Waals surface area contributed by atoms with Gasteiger partial charge in [-0.1, -0.05) is 6.92 Å². The molecule has 3 unspecified atom stereocenters. The number of nitrogens with zero attached hydrogens (tertiary/aromatic N) is 1. The van der Waals surface area contributed by atoms with E-state index in [-0.39, 0.29) is 6.04 Å². The van der Waals surface area contributed by atoms with Gasteiger partial charge in [-0.15, -0.1) is 0 Å². The molecule has 0 aliphatic carbocycles. The Morgan fingerprint density at radius 1 is 1.57 bits per heavy atom. The number of ketones is 1. The maximum atomic E-state index is 11.8. The molecule has 2 rings (SSSR count). The van der Waals surface area contributed by atoms with Crippen LogP contribution in [0.5, 0.6) is 0 Å². The molecule has 0 saturated carbocycles. The van der Waals surface area contributed by atoms with E-state index in [1.807, 2.05) is 14.0 Å². The SMILES string of the molecule is CCC(=O)C1C2CCCOC2CN1C. The first-order valence-corrected chi connectivity index (χ1v) is 5.58. The summed E-state index contributed by atoms with van der Waals surface area (Å²) in [4.78, 5) is 14.0. The van der Waals surface area contributed by atoms with E-state index in [0.717, 1.165) is 26.0 Å². The van der Waals surface area contributed by atoms with Gasteiger partial charge in [0.1, 0.15) is 5.78 Å². The average Bonchev–Trinajstić information content (AvgIpc) is 2.53. The van der Waals surface area contributed by atoms with Gasteiger partial charge in [0, 0.05) is 25.5 Å². The lowest BCUT2D eigenvalue weighted by molar-refractivity contribution is -0.124. The van der Waals surface area contributed by atoms with Gasteiger partial charge in [0.05, 0.1) is 12.1 Å². The summed E-state index contributed by atoms with van der Waals surface area (Å²) < 4.78 is 5.70. The molecule has 0 aromatic heterocycles. The molecule has 2 fully saturated rings. The molecule has 0 spiro atoms. The number of ether oxygens (including phenoxy) is 1. The van der Waals surface area contributed by atoms with Crippen LogP contribution in [0.25, 0.3) is 0 Å². The van der Waals surface area contributed by atoms with Gasteiger partial charge >= 0.3 is 0 Å². The summed E-state index contributed by atoms with van der Waals surface area (Å²) in [6.07, 6.45) is 3.24. The maximum absolute atomic E-state index is 11.8. The summed E-state index contributed by atoms with van der Waals surface area (Å²) in [6.45, 7) is 3.76. The molecule has 0 bridgehead atoms. The second-order valence-electron chi connectivity index (χ2n) is 4.42. The first-order chi connectivity index (χ1) is 6.74. The molecule has 80 valence electrons. The highest BCUT2D eigenvalue weighted by Gasteiger charge is 2.44. The second kappa shape index (κ2) is 3.99. The molecule has 3 atom stereocenters. The van der Waals surface area contributed by atoms with Gasteiger partial charge in [-0.3, -0.25) is 9.69 Å². The summed E-state index contributed by atoms with van der Waals surface area (Å²) >= 11 is 0. The number of carbonyl (C=O) groups is 1. The third-order valence-electron chi connectivity index (χ3n) is 3.52. The van der Waals surface area contributed by atoms with E-state index in [0.29, 0.717) is 24.2 Å². The molecular weight excluding hydrogens is 178 g/mol. The van der Waals surface area contributed by atoms with E-state index in [2.05, 4.69) is 4.90 Å². The summed E-state index contributed by atoms with van der Waals surface area (Å²) in [7, 11) is 2.04. The smallest absolute Gasteiger partial charge is 0.150 e. The normalized spacial score (nSPS) is 38.3. The Labute approximate surface area is 85.4 Å². The molecule has 0 aromatic rings. The molecule has 3 heteroatoms. The van der Waals surface area contributed by atoms with E-state index in [1.54, 1.807) is 0 Å². The standard InChI is InChI=1S/C11H19NO2/c1-3-9(13)11-8-5-4-6-14-10(8)7-12(11)2/h8,10-11H,3-7H2,1-2H3. The zero-order valence-corrected chi connectivity index (χ0v) is 9.03. The van der Waals surface area contributed by atoms with E-state index >= 15 is 0 Å². The molecule has 3 nitrogen and oxygen atoms in total. The van der Waals surface area contributed by atoms with Crippen molar-refractivity contribution in [3.05, 3.63) is 0 Å². The fourth-order valence-electron chi connectivity index (χ4n) is 2.83. The highest BCUT2D eigenvalue weighted by Crippen LogP contribution is 2.33. The summed E-state index contributed by atoms with van der Waals surface area (Å²) in [5.74, 6) is 0.840. The Bertz CT molecular complexity index is 229. The molecule has 2 aliphatic rings. The molecule has 0 amide bonds. The molecule has 0 radical (unpaired) electrons. The highest BCUT2D eigenvalue weighted by molar-refractivity contribution is 5.84. The summed E-state index contributed by atoms with van der Waals surface area (Å²) in [5, 5.41) is 0. The summed E-state index contributed by atoms with van der Waals surface area (Å²) in [5.41, 5.74) is 0. The van der Waals surface area contributed by atoms with Crippen LogP contribution in [0.3, 0.4) is 0 Å². The van der Waals surface area contributed by atoms with Crippen molar-refractivity contribution in [3.8, 4) is 0 Å². The molecule has 0 N–H and O–H groups in total.